The summed E-state index contributed by atoms with van der Waals surface area (Å²) < 4.78 is 37.5. The number of aliphatic hydroxyl groups excluding tert-OH is 3. The number of carbonyl (C=O) groups is 1. The molecule has 52 heavy (non-hydrogen) atoms. The second-order valence-corrected chi connectivity index (χ2v) is 17.2. The van der Waals surface area contributed by atoms with Crippen molar-refractivity contribution in [2.75, 3.05) is 34.8 Å². The summed E-state index contributed by atoms with van der Waals surface area (Å²) in [5.41, 5.74) is -4.37. The van der Waals surface area contributed by atoms with Crippen LogP contribution in [0.2, 0.25) is 0 Å². The summed E-state index contributed by atoms with van der Waals surface area (Å²) in [4.78, 5) is 18.0. The molecule has 0 aromatic carbocycles. The van der Waals surface area contributed by atoms with Crippen LogP contribution in [-0.2, 0) is 33.2 Å². The first-order valence-corrected chi connectivity index (χ1v) is 19.1. The Morgan fingerprint density at radius 1 is 0.942 bits per heavy atom. The van der Waals surface area contributed by atoms with Crippen molar-refractivity contribution in [3.63, 3.8) is 0 Å². The number of esters is 1. The lowest BCUT2D eigenvalue weighted by Crippen LogP contribution is -2.60. The van der Waals surface area contributed by atoms with E-state index in [2.05, 4.69) is 0 Å². The highest BCUT2D eigenvalue weighted by atomic mass is 16.7. The molecule has 14 nitrogen and oxygen atoms in total. The van der Waals surface area contributed by atoms with Crippen LogP contribution >= 0.6 is 0 Å². The maximum atomic E-state index is 14.2. The lowest BCUT2D eigenvalue weighted by atomic mass is 9.77. The maximum Gasteiger partial charge on any atom is 0.311 e. The van der Waals surface area contributed by atoms with Crippen LogP contribution in [0.25, 0.3) is 0 Å². The Hall–Kier alpha value is -1.01. The van der Waals surface area contributed by atoms with E-state index in [0.717, 1.165) is 0 Å². The van der Waals surface area contributed by atoms with Crippen molar-refractivity contribution in [1.29, 1.82) is 0 Å². The zero-order chi connectivity index (χ0) is 39.7. The third kappa shape index (κ3) is 10.0. The molecule has 0 amide bonds. The van der Waals surface area contributed by atoms with E-state index in [-0.39, 0.29) is 37.3 Å². The van der Waals surface area contributed by atoms with Crippen molar-refractivity contribution in [3.8, 4) is 0 Å². The van der Waals surface area contributed by atoms with Gasteiger partial charge in [-0.05, 0) is 94.8 Å². The van der Waals surface area contributed by atoms with E-state index >= 15 is 0 Å². The summed E-state index contributed by atoms with van der Waals surface area (Å²) in [5.74, 6) is -2.58. The quantitative estimate of drug-likeness (QED) is 0.238. The van der Waals surface area contributed by atoms with E-state index in [0.29, 0.717) is 13.0 Å². The normalized spacial score (nSPS) is 49.6. The number of aliphatic hydroxyl groups is 5. The molecule has 3 fully saturated rings. The summed E-state index contributed by atoms with van der Waals surface area (Å²) >= 11 is 0. The van der Waals surface area contributed by atoms with Gasteiger partial charge in [-0.25, -0.2) is 0 Å². The van der Waals surface area contributed by atoms with Gasteiger partial charge in [0.2, 0.25) is 0 Å². The molecule has 3 rings (SSSR count). The predicted octanol–water partition coefficient (Wildman–Crippen LogP) is 1.90. The number of methoxy groups -OCH3 is 1. The second-order valence-electron chi connectivity index (χ2n) is 17.2. The highest BCUT2D eigenvalue weighted by Crippen LogP contribution is 2.40. The van der Waals surface area contributed by atoms with Crippen LogP contribution in [-0.4, -0.2) is 166 Å². The Morgan fingerprint density at radius 2 is 1.56 bits per heavy atom. The molecule has 0 aliphatic carbocycles. The van der Waals surface area contributed by atoms with Crippen molar-refractivity contribution in [1.82, 2.24) is 9.80 Å². The number of cyclic esters (lactones) is 1. The van der Waals surface area contributed by atoms with Gasteiger partial charge in [-0.2, -0.15) is 0 Å². The molecule has 0 radical (unpaired) electrons. The van der Waals surface area contributed by atoms with Crippen LogP contribution in [0.1, 0.15) is 94.9 Å². The van der Waals surface area contributed by atoms with Crippen molar-refractivity contribution in [2.45, 2.75) is 185 Å². The molecule has 0 aromatic heterocycles. The first-order chi connectivity index (χ1) is 23.9. The number of rotatable bonds is 7. The highest BCUT2D eigenvalue weighted by Gasteiger charge is 2.52. The minimum atomic E-state index is -1.80. The number of hydrogen-bond donors (Lipinski definition) is 5. The summed E-state index contributed by atoms with van der Waals surface area (Å²) in [6.07, 6.45) is -8.19. The molecule has 3 heterocycles. The number of hydrogen-bond acceptors (Lipinski definition) is 14. The standard InChI is InChI=1S/C38H72N2O12/c1-15-27-38(10,46)31(42)24(6)40(13)19-20(2)17-36(8,45)33(52-35-29(41)26(39(11)12)16-21(3)48-35)22(4)30(23(5)34(44)50-27)51-28-18-37(9,47-14)32(43)25(7)49-28/h20-33,35,41-43,45-46H,15-19H2,1-14H3/t20-,21+,22-,23+,24+,25-,26-,27-,28+,29-,30+,31-,32+,33-,35-,36+,37-,38+/m0/s1. The zero-order valence-electron chi connectivity index (χ0n) is 34.2. The molecule has 14 heteroatoms. The van der Waals surface area contributed by atoms with E-state index in [1.165, 1.54) is 14.0 Å². The molecule has 0 unspecified atom stereocenters. The van der Waals surface area contributed by atoms with Crippen molar-refractivity contribution >= 4 is 5.97 Å². The minimum Gasteiger partial charge on any atom is -0.459 e. The Labute approximate surface area is 312 Å². The second kappa shape index (κ2) is 17.8. The van der Waals surface area contributed by atoms with Gasteiger partial charge in [-0.15, -0.1) is 0 Å². The summed E-state index contributed by atoms with van der Waals surface area (Å²) in [6, 6.07) is -0.808. The largest absolute Gasteiger partial charge is 0.459 e. The fraction of sp³-hybridized carbons (Fsp3) is 0.974. The van der Waals surface area contributed by atoms with Crippen molar-refractivity contribution in [2.24, 2.45) is 17.8 Å². The van der Waals surface area contributed by atoms with Gasteiger partial charge < -0.3 is 63.8 Å². The van der Waals surface area contributed by atoms with Gasteiger partial charge in [-0.3, -0.25) is 4.79 Å². The number of carbonyl (C=O) groups excluding carboxylic acids is 1. The van der Waals surface area contributed by atoms with Gasteiger partial charge in [0.25, 0.3) is 0 Å². The maximum absolute atomic E-state index is 14.2. The van der Waals surface area contributed by atoms with Crippen LogP contribution < -0.4 is 0 Å². The lowest BCUT2D eigenvalue weighted by Gasteiger charge is -2.48. The molecular weight excluding hydrogens is 676 g/mol. The summed E-state index contributed by atoms with van der Waals surface area (Å²) in [5, 5.41) is 58.1. The SMILES string of the molecule is CC[C@@H]1OC(=O)[C@H](C)[C@H](O[C@@H]2C[C@](C)(OC)[C@H](O)[C@H](C)O2)[C@H](C)[C@H](O[C@@H]2O[C@H](C)C[C@H](N(C)C)[C@@H]2O)[C@](C)(O)C[C@H](C)CN(C)[C@H](C)[C@H](O)[C@]1(C)O. The number of ether oxygens (including phenoxy) is 6. The number of nitrogens with zero attached hydrogens (tertiary/aromatic N) is 2. The Bertz CT molecular complexity index is 1140. The van der Waals surface area contributed by atoms with Crippen LogP contribution in [0.4, 0.5) is 0 Å². The van der Waals surface area contributed by atoms with Gasteiger partial charge in [0.1, 0.15) is 30.0 Å². The predicted molar refractivity (Wildman–Crippen MR) is 194 cm³/mol. The van der Waals surface area contributed by atoms with E-state index in [4.69, 9.17) is 28.4 Å². The van der Waals surface area contributed by atoms with Gasteiger partial charge in [0.15, 0.2) is 12.6 Å². The summed E-state index contributed by atoms with van der Waals surface area (Å²) in [6.45, 7) is 18.0. The Balaban J connectivity index is 2.17. The molecular formula is C38H72N2O12. The van der Waals surface area contributed by atoms with Gasteiger partial charge in [-0.1, -0.05) is 20.8 Å². The van der Waals surface area contributed by atoms with E-state index in [1.807, 2.05) is 51.7 Å². The molecule has 0 aromatic rings. The molecule has 5 N–H and O–H groups in total. The zero-order valence-corrected chi connectivity index (χ0v) is 34.2. The molecule has 3 saturated heterocycles. The molecule has 306 valence electrons. The minimum absolute atomic E-state index is 0.133. The molecule has 0 spiro atoms. The van der Waals surface area contributed by atoms with E-state index in [9.17, 15) is 30.3 Å². The third-order valence-electron chi connectivity index (χ3n) is 12.2. The molecule has 0 saturated carbocycles. The van der Waals surface area contributed by atoms with Gasteiger partial charge >= 0.3 is 5.97 Å². The first-order valence-electron chi connectivity index (χ1n) is 19.1. The molecule has 3 aliphatic heterocycles. The average Bonchev–Trinajstić information content (AvgIpc) is 3.05. The molecule has 18 atom stereocenters. The smallest absolute Gasteiger partial charge is 0.311 e. The van der Waals surface area contributed by atoms with E-state index in [1.54, 1.807) is 41.5 Å². The van der Waals surface area contributed by atoms with Gasteiger partial charge in [0, 0.05) is 38.1 Å². The Kier molecular flexibility index (Phi) is 15.6. The fourth-order valence-electron chi connectivity index (χ4n) is 8.74. The molecule has 3 aliphatic rings. The first kappa shape index (κ1) is 45.4. The lowest BCUT2D eigenvalue weighted by molar-refractivity contribution is -0.318. The topological polar surface area (TPSA) is 180 Å². The van der Waals surface area contributed by atoms with Crippen LogP contribution in [0, 0.1) is 17.8 Å². The van der Waals surface area contributed by atoms with E-state index < -0.39 is 96.0 Å². The molecule has 0 bridgehead atoms. The number of likely N-dealkylation sites (N-methyl/N-ethyl adjacent to an activating group) is 2. The third-order valence-corrected chi connectivity index (χ3v) is 12.2. The Morgan fingerprint density at radius 3 is 2.12 bits per heavy atom. The highest BCUT2D eigenvalue weighted by molar-refractivity contribution is 5.73. The summed E-state index contributed by atoms with van der Waals surface area (Å²) in [7, 11) is 7.12. The van der Waals surface area contributed by atoms with Crippen molar-refractivity contribution in [3.05, 3.63) is 0 Å². The van der Waals surface area contributed by atoms with Crippen molar-refractivity contribution < 1.29 is 58.7 Å². The van der Waals surface area contributed by atoms with Gasteiger partial charge in [0.05, 0.1) is 41.5 Å². The van der Waals surface area contributed by atoms with Crippen LogP contribution in [0.3, 0.4) is 0 Å². The fourth-order valence-corrected chi connectivity index (χ4v) is 8.74. The van der Waals surface area contributed by atoms with Crippen LogP contribution in [0.15, 0.2) is 0 Å². The monoisotopic (exact) mass is 749 g/mol. The average molecular weight is 749 g/mol. The van der Waals surface area contributed by atoms with Crippen LogP contribution in [0.5, 0.6) is 0 Å².